The van der Waals surface area contributed by atoms with Gasteiger partial charge in [0.2, 0.25) is 0 Å². The predicted octanol–water partition coefficient (Wildman–Crippen LogP) is 6.00. The topological polar surface area (TPSA) is 77.3 Å². The molecule has 4 aromatic heterocycles. The highest BCUT2D eigenvalue weighted by molar-refractivity contribution is 6.04. The Morgan fingerprint density at radius 3 is 1.32 bits per heavy atom. The van der Waals surface area contributed by atoms with Crippen molar-refractivity contribution in [2.24, 2.45) is 0 Å². The van der Waals surface area contributed by atoms with E-state index in [2.05, 4.69) is 22.1 Å². The summed E-state index contributed by atoms with van der Waals surface area (Å²) in [6, 6.07) is 28.0. The molecule has 34 heavy (non-hydrogen) atoms. The molecule has 6 heteroatoms. The number of pyridine rings is 2. The van der Waals surface area contributed by atoms with Gasteiger partial charge in [0.15, 0.2) is 11.6 Å². The van der Waals surface area contributed by atoms with Crippen molar-refractivity contribution in [3.05, 3.63) is 97.3 Å². The second-order valence-electron chi connectivity index (χ2n) is 8.11. The van der Waals surface area contributed by atoms with Gasteiger partial charge in [-0.25, -0.2) is 29.9 Å². The molecule has 0 aliphatic carbocycles. The van der Waals surface area contributed by atoms with E-state index < -0.39 is 0 Å². The lowest BCUT2D eigenvalue weighted by Crippen LogP contribution is -1.96. The number of fused-ring (bicyclic) bond motifs is 5. The summed E-state index contributed by atoms with van der Waals surface area (Å²) in [4.78, 5) is 28.4. The Morgan fingerprint density at radius 1 is 0.382 bits per heavy atom. The lowest BCUT2D eigenvalue weighted by Gasteiger charge is -2.08. The maximum Gasteiger partial charge on any atom is 0.178 e. The Kier molecular flexibility index (Phi) is 4.04. The third-order valence-corrected chi connectivity index (χ3v) is 5.96. The zero-order chi connectivity index (χ0) is 22.5. The Balaban J connectivity index is 1.41. The molecule has 3 aromatic carbocycles. The molecule has 0 radical (unpaired) electrons. The lowest BCUT2D eigenvalue weighted by molar-refractivity contribution is 1.18. The molecule has 6 nitrogen and oxygen atoms in total. The monoisotopic (exact) mass is 436 g/mol. The fraction of sp³-hybridized carbons (Fsp3) is 0. The SMILES string of the molecule is c1ccc2nc(-c3ccc4ccc5ccc(-c6ncc7ccccc7n6)nc5c4n3)ncc2c1. The Hall–Kier alpha value is -4.84. The predicted molar refractivity (Wildman–Crippen MR) is 134 cm³/mol. The maximum atomic E-state index is 4.94. The molecule has 0 unspecified atom stereocenters. The molecule has 7 rings (SSSR count). The first-order valence-electron chi connectivity index (χ1n) is 11.0. The summed E-state index contributed by atoms with van der Waals surface area (Å²) in [5.41, 5.74) is 4.80. The van der Waals surface area contributed by atoms with Crippen LogP contribution in [0.4, 0.5) is 0 Å². The van der Waals surface area contributed by atoms with Crippen LogP contribution in [-0.4, -0.2) is 29.9 Å². The average molecular weight is 436 g/mol. The van der Waals surface area contributed by atoms with Gasteiger partial charge < -0.3 is 0 Å². The van der Waals surface area contributed by atoms with Crippen LogP contribution in [0.15, 0.2) is 97.3 Å². The first kappa shape index (κ1) is 18.7. The highest BCUT2D eigenvalue weighted by Crippen LogP contribution is 2.28. The number of aromatic nitrogens is 6. The van der Waals surface area contributed by atoms with Gasteiger partial charge in [0.25, 0.3) is 0 Å². The van der Waals surface area contributed by atoms with Gasteiger partial charge >= 0.3 is 0 Å². The van der Waals surface area contributed by atoms with Crippen LogP contribution in [0, 0.1) is 0 Å². The van der Waals surface area contributed by atoms with E-state index in [4.69, 9.17) is 19.9 Å². The second-order valence-corrected chi connectivity index (χ2v) is 8.11. The van der Waals surface area contributed by atoms with Gasteiger partial charge in [-0.05, 0) is 24.3 Å². The fourth-order valence-corrected chi connectivity index (χ4v) is 4.21. The molecule has 0 aliphatic rings. The van der Waals surface area contributed by atoms with Crippen LogP contribution in [0.2, 0.25) is 0 Å². The van der Waals surface area contributed by atoms with Crippen LogP contribution in [-0.2, 0) is 0 Å². The average Bonchev–Trinajstić information content (AvgIpc) is 2.92. The third-order valence-electron chi connectivity index (χ3n) is 5.96. The van der Waals surface area contributed by atoms with E-state index in [-0.39, 0.29) is 0 Å². The van der Waals surface area contributed by atoms with Crippen LogP contribution in [0.3, 0.4) is 0 Å². The van der Waals surface area contributed by atoms with E-state index in [1.165, 1.54) is 0 Å². The van der Waals surface area contributed by atoms with E-state index in [9.17, 15) is 0 Å². The van der Waals surface area contributed by atoms with Crippen molar-refractivity contribution in [2.45, 2.75) is 0 Å². The largest absolute Gasteiger partial charge is 0.242 e. The number of para-hydroxylation sites is 2. The molecule has 0 amide bonds. The van der Waals surface area contributed by atoms with Crippen molar-refractivity contribution < 1.29 is 0 Å². The number of hydrogen-bond donors (Lipinski definition) is 0. The molecular formula is C28H16N6. The van der Waals surface area contributed by atoms with Gasteiger partial charge in [0, 0.05) is 33.9 Å². The second kappa shape index (κ2) is 7.35. The number of rotatable bonds is 2. The molecule has 0 atom stereocenters. The molecule has 0 saturated carbocycles. The molecule has 4 heterocycles. The van der Waals surface area contributed by atoms with E-state index in [0.29, 0.717) is 23.0 Å². The molecular weight excluding hydrogens is 420 g/mol. The quantitative estimate of drug-likeness (QED) is 0.309. The minimum Gasteiger partial charge on any atom is -0.242 e. The molecule has 0 saturated heterocycles. The standard InChI is InChI=1S/C28H16N6/c1-3-7-21-19(5-1)15-29-27(33-21)23-13-11-17-9-10-18-12-14-24(32-26(18)25(17)31-23)28-30-16-20-6-2-4-8-22(20)34-28/h1-16H. The van der Waals surface area contributed by atoms with Gasteiger partial charge in [-0.15, -0.1) is 0 Å². The zero-order valence-corrected chi connectivity index (χ0v) is 17.9. The van der Waals surface area contributed by atoms with Crippen molar-refractivity contribution in [2.75, 3.05) is 0 Å². The smallest absolute Gasteiger partial charge is 0.178 e. The first-order chi connectivity index (χ1) is 16.8. The minimum absolute atomic E-state index is 0.589. The first-order valence-corrected chi connectivity index (χ1v) is 11.0. The summed E-state index contributed by atoms with van der Waals surface area (Å²) >= 11 is 0. The third kappa shape index (κ3) is 3.04. The van der Waals surface area contributed by atoms with E-state index >= 15 is 0 Å². The molecule has 0 bridgehead atoms. The van der Waals surface area contributed by atoms with Crippen molar-refractivity contribution in [3.63, 3.8) is 0 Å². The number of benzene rings is 3. The Morgan fingerprint density at radius 2 is 0.824 bits per heavy atom. The Bertz CT molecular complexity index is 1740. The van der Waals surface area contributed by atoms with Crippen molar-refractivity contribution in [3.8, 4) is 23.0 Å². The molecule has 7 aromatic rings. The summed E-state index contributed by atoms with van der Waals surface area (Å²) in [5.74, 6) is 1.18. The van der Waals surface area contributed by atoms with Crippen LogP contribution in [0.5, 0.6) is 0 Å². The van der Waals surface area contributed by atoms with Crippen LogP contribution in [0.1, 0.15) is 0 Å². The fourth-order valence-electron chi connectivity index (χ4n) is 4.21. The van der Waals surface area contributed by atoms with Gasteiger partial charge in [0.1, 0.15) is 11.4 Å². The van der Waals surface area contributed by atoms with Gasteiger partial charge in [0.05, 0.1) is 22.1 Å². The number of hydrogen-bond acceptors (Lipinski definition) is 6. The van der Waals surface area contributed by atoms with Crippen molar-refractivity contribution >= 4 is 43.6 Å². The Labute approximate surface area is 194 Å². The molecule has 0 aliphatic heterocycles. The van der Waals surface area contributed by atoms with Crippen LogP contribution in [0.25, 0.3) is 66.6 Å². The summed E-state index contributed by atoms with van der Waals surface area (Å²) in [7, 11) is 0. The summed E-state index contributed by atoms with van der Waals surface area (Å²) in [6.07, 6.45) is 3.67. The van der Waals surface area contributed by atoms with Crippen LogP contribution < -0.4 is 0 Å². The minimum atomic E-state index is 0.589. The van der Waals surface area contributed by atoms with Crippen molar-refractivity contribution in [1.29, 1.82) is 0 Å². The lowest BCUT2D eigenvalue weighted by atomic mass is 10.1. The van der Waals surface area contributed by atoms with E-state index in [0.717, 1.165) is 43.6 Å². The molecule has 158 valence electrons. The van der Waals surface area contributed by atoms with E-state index in [1.807, 2.05) is 85.2 Å². The maximum absolute atomic E-state index is 4.94. The van der Waals surface area contributed by atoms with Gasteiger partial charge in [-0.3, -0.25) is 0 Å². The van der Waals surface area contributed by atoms with E-state index in [1.54, 1.807) is 0 Å². The molecule has 0 fully saturated rings. The number of nitrogens with zero attached hydrogens (tertiary/aromatic N) is 6. The van der Waals surface area contributed by atoms with Crippen molar-refractivity contribution in [1.82, 2.24) is 29.9 Å². The highest BCUT2D eigenvalue weighted by Gasteiger charge is 2.12. The zero-order valence-electron chi connectivity index (χ0n) is 17.9. The normalized spacial score (nSPS) is 11.5. The van der Waals surface area contributed by atoms with Gasteiger partial charge in [-0.1, -0.05) is 60.7 Å². The summed E-state index contributed by atoms with van der Waals surface area (Å²) < 4.78 is 0. The molecule has 0 N–H and O–H groups in total. The summed E-state index contributed by atoms with van der Waals surface area (Å²) in [5, 5.41) is 4.00. The molecule has 0 spiro atoms. The van der Waals surface area contributed by atoms with Crippen LogP contribution >= 0.6 is 0 Å². The van der Waals surface area contributed by atoms with Gasteiger partial charge in [-0.2, -0.15) is 0 Å². The summed E-state index contributed by atoms with van der Waals surface area (Å²) in [6.45, 7) is 0. The highest BCUT2D eigenvalue weighted by atomic mass is 14.9.